The molecule has 2 aliphatic rings. The van der Waals surface area contributed by atoms with Gasteiger partial charge in [-0.3, -0.25) is 0 Å². The van der Waals surface area contributed by atoms with Gasteiger partial charge in [0.05, 0.1) is 11.4 Å². The van der Waals surface area contributed by atoms with Crippen LogP contribution >= 0.6 is 0 Å². The molecule has 0 saturated heterocycles. The lowest BCUT2D eigenvalue weighted by Crippen LogP contribution is -2.17. The summed E-state index contributed by atoms with van der Waals surface area (Å²) >= 11 is 0. The quantitative estimate of drug-likeness (QED) is 0.163. The summed E-state index contributed by atoms with van der Waals surface area (Å²) in [6, 6.07) is 68.1. The van der Waals surface area contributed by atoms with Crippen LogP contribution in [-0.4, -0.2) is 0 Å². The molecular weight excluding hydrogens is 711 g/mol. The molecule has 0 atom stereocenters. The second kappa shape index (κ2) is 13.6. The van der Waals surface area contributed by atoms with Crippen molar-refractivity contribution in [2.75, 3.05) is 4.90 Å². The second-order valence-corrected chi connectivity index (χ2v) is 18.6. The maximum atomic E-state index is 2.49. The molecule has 8 aromatic carbocycles. The first-order valence-corrected chi connectivity index (χ1v) is 21.1. The van der Waals surface area contributed by atoms with Crippen LogP contribution in [0.3, 0.4) is 0 Å². The molecule has 0 radical (unpaired) electrons. The molecule has 1 heteroatoms. The molecule has 2 aliphatic carbocycles. The number of hydrogen-bond acceptors (Lipinski definition) is 1. The average Bonchev–Trinajstić information content (AvgIpc) is 3.63. The van der Waals surface area contributed by atoms with Gasteiger partial charge in [0, 0.05) is 27.6 Å². The topological polar surface area (TPSA) is 3.24 Å². The van der Waals surface area contributed by atoms with E-state index in [4.69, 9.17) is 0 Å². The van der Waals surface area contributed by atoms with E-state index in [0.29, 0.717) is 0 Å². The van der Waals surface area contributed by atoms with Crippen molar-refractivity contribution in [1.82, 2.24) is 0 Å². The number of rotatable bonds is 6. The highest BCUT2D eigenvalue weighted by molar-refractivity contribution is 5.97. The van der Waals surface area contributed by atoms with Gasteiger partial charge in [-0.2, -0.15) is 0 Å². The van der Waals surface area contributed by atoms with Crippen molar-refractivity contribution in [3.63, 3.8) is 0 Å². The fraction of sp³-hybridized carbons (Fsp3) is 0.172. The number of para-hydroxylation sites is 2. The zero-order valence-corrected chi connectivity index (χ0v) is 35.3. The van der Waals surface area contributed by atoms with E-state index >= 15 is 0 Å². The summed E-state index contributed by atoms with van der Waals surface area (Å²) in [5.41, 5.74) is 22.9. The van der Waals surface area contributed by atoms with E-state index in [2.05, 4.69) is 235 Å². The molecule has 0 aliphatic heterocycles. The Labute approximate surface area is 350 Å². The third-order valence-electron chi connectivity index (χ3n) is 13.3. The molecule has 59 heavy (non-hydrogen) atoms. The van der Waals surface area contributed by atoms with E-state index in [1.54, 1.807) is 0 Å². The van der Waals surface area contributed by atoms with Crippen molar-refractivity contribution in [2.45, 2.75) is 64.7 Å². The predicted molar refractivity (Wildman–Crippen MR) is 251 cm³/mol. The summed E-state index contributed by atoms with van der Waals surface area (Å²) in [6.45, 7) is 16.3. The predicted octanol–water partition coefficient (Wildman–Crippen LogP) is 16.1. The Bertz CT molecular complexity index is 2900. The van der Waals surface area contributed by atoms with E-state index in [9.17, 15) is 0 Å². The molecule has 8 aromatic rings. The largest absolute Gasteiger partial charge is 0.309 e. The van der Waals surface area contributed by atoms with Crippen molar-refractivity contribution in [2.24, 2.45) is 0 Å². The number of nitrogens with zero attached hydrogens (tertiary/aromatic N) is 1. The van der Waals surface area contributed by atoms with Crippen LogP contribution in [0, 0.1) is 0 Å². The molecular formula is C58H51N. The van der Waals surface area contributed by atoms with Crippen molar-refractivity contribution < 1.29 is 0 Å². The van der Waals surface area contributed by atoms with Crippen molar-refractivity contribution in [1.29, 1.82) is 0 Å². The highest BCUT2D eigenvalue weighted by Crippen LogP contribution is 2.55. The van der Waals surface area contributed by atoms with Gasteiger partial charge < -0.3 is 4.90 Å². The first-order chi connectivity index (χ1) is 28.4. The van der Waals surface area contributed by atoms with Crippen LogP contribution in [0.15, 0.2) is 182 Å². The Balaban J connectivity index is 1.14. The van der Waals surface area contributed by atoms with Crippen LogP contribution in [0.1, 0.15) is 76.3 Å². The maximum Gasteiger partial charge on any atom is 0.0540 e. The van der Waals surface area contributed by atoms with Crippen LogP contribution in [0.2, 0.25) is 0 Å². The second-order valence-electron chi connectivity index (χ2n) is 18.6. The number of hydrogen-bond donors (Lipinski definition) is 0. The Morgan fingerprint density at radius 1 is 0.356 bits per heavy atom. The lowest BCUT2D eigenvalue weighted by atomic mass is 9.78. The first-order valence-electron chi connectivity index (χ1n) is 21.1. The Morgan fingerprint density at radius 2 is 0.814 bits per heavy atom. The average molecular weight is 762 g/mol. The standard InChI is InChI=1S/C58H51N/c1-56(2,3)41-32-27-39(28-33-41)43-17-10-14-25-53(43)59(42-34-29-38(30-35-42)40-31-36-46-44-18-8-12-23-50(44)57(4,5)52(46)37-40)54-26-15-11-20-47(54)49-22-16-21-48-45-19-9-13-24-51(45)58(6,7)55(48)49/h8-37H,1-7H3. The maximum absolute atomic E-state index is 2.49. The van der Waals surface area contributed by atoms with Crippen LogP contribution in [0.25, 0.3) is 55.6 Å². The van der Waals surface area contributed by atoms with Gasteiger partial charge in [-0.25, -0.2) is 0 Å². The number of anilines is 3. The highest BCUT2D eigenvalue weighted by Gasteiger charge is 2.38. The number of fused-ring (bicyclic) bond motifs is 6. The molecule has 0 bridgehead atoms. The van der Waals surface area contributed by atoms with Crippen molar-refractivity contribution in [3.8, 4) is 55.6 Å². The Hall–Kier alpha value is -6.44. The molecule has 0 saturated carbocycles. The van der Waals surface area contributed by atoms with E-state index in [1.165, 1.54) is 83.5 Å². The molecule has 1 nitrogen and oxygen atoms in total. The lowest BCUT2D eigenvalue weighted by Gasteiger charge is -2.31. The first kappa shape index (κ1) is 36.9. The Morgan fingerprint density at radius 3 is 1.46 bits per heavy atom. The van der Waals surface area contributed by atoms with Crippen LogP contribution in [0.5, 0.6) is 0 Å². The fourth-order valence-corrected chi connectivity index (χ4v) is 10.1. The van der Waals surface area contributed by atoms with Crippen LogP contribution in [0.4, 0.5) is 17.1 Å². The third kappa shape index (κ3) is 5.90. The van der Waals surface area contributed by atoms with Crippen LogP contribution in [-0.2, 0) is 16.2 Å². The summed E-state index contributed by atoms with van der Waals surface area (Å²) < 4.78 is 0. The van der Waals surface area contributed by atoms with Gasteiger partial charge in [-0.15, -0.1) is 0 Å². The molecule has 0 N–H and O–H groups in total. The molecule has 10 rings (SSSR count). The fourth-order valence-electron chi connectivity index (χ4n) is 10.1. The highest BCUT2D eigenvalue weighted by atomic mass is 15.1. The molecule has 0 heterocycles. The van der Waals surface area contributed by atoms with Gasteiger partial charge in [0.25, 0.3) is 0 Å². The molecule has 0 aromatic heterocycles. The van der Waals surface area contributed by atoms with Gasteiger partial charge in [0.1, 0.15) is 0 Å². The molecule has 0 amide bonds. The Kier molecular flexibility index (Phi) is 8.48. The minimum atomic E-state index is -0.152. The third-order valence-corrected chi connectivity index (χ3v) is 13.3. The zero-order valence-electron chi connectivity index (χ0n) is 35.3. The molecule has 288 valence electrons. The van der Waals surface area contributed by atoms with Gasteiger partial charge >= 0.3 is 0 Å². The molecule has 0 unspecified atom stereocenters. The monoisotopic (exact) mass is 761 g/mol. The normalized spacial score (nSPS) is 14.3. The smallest absolute Gasteiger partial charge is 0.0540 e. The zero-order chi connectivity index (χ0) is 40.7. The van der Waals surface area contributed by atoms with Gasteiger partial charge in [0.2, 0.25) is 0 Å². The summed E-state index contributed by atoms with van der Waals surface area (Å²) in [5, 5.41) is 0. The van der Waals surface area contributed by atoms with E-state index in [-0.39, 0.29) is 16.2 Å². The van der Waals surface area contributed by atoms with Gasteiger partial charge in [0.15, 0.2) is 0 Å². The summed E-state index contributed by atoms with van der Waals surface area (Å²) in [5.74, 6) is 0. The van der Waals surface area contributed by atoms with E-state index in [1.807, 2.05) is 0 Å². The molecule has 0 fully saturated rings. The van der Waals surface area contributed by atoms with Gasteiger partial charge in [-0.05, 0) is 108 Å². The van der Waals surface area contributed by atoms with Gasteiger partial charge in [-0.1, -0.05) is 200 Å². The van der Waals surface area contributed by atoms with Crippen LogP contribution < -0.4 is 4.90 Å². The van der Waals surface area contributed by atoms with Crippen molar-refractivity contribution in [3.05, 3.63) is 210 Å². The summed E-state index contributed by atoms with van der Waals surface area (Å²) in [6.07, 6.45) is 0. The SMILES string of the molecule is CC(C)(C)c1ccc(-c2ccccc2N(c2ccc(-c3ccc4c(c3)C(C)(C)c3ccccc3-4)cc2)c2ccccc2-c2cccc3c2C(C)(C)c2ccccc2-3)cc1. The summed E-state index contributed by atoms with van der Waals surface area (Å²) in [4.78, 5) is 2.49. The summed E-state index contributed by atoms with van der Waals surface area (Å²) in [7, 11) is 0. The minimum absolute atomic E-state index is 0.0509. The van der Waals surface area contributed by atoms with Crippen molar-refractivity contribution >= 4 is 17.1 Å². The van der Waals surface area contributed by atoms with E-state index in [0.717, 1.165) is 17.1 Å². The van der Waals surface area contributed by atoms with E-state index < -0.39 is 0 Å². The minimum Gasteiger partial charge on any atom is -0.309 e. The number of benzene rings is 8. The molecule has 0 spiro atoms. The lowest BCUT2D eigenvalue weighted by molar-refractivity contribution is 0.590.